The molecule has 1 aromatic heterocycles. The SMILES string of the molecule is COCCN(Cc1ccc(SC(C)(C)C(=O)OC(C)(C)C)cc1)c1cc(-c2cccc(Cl)c2)ncn1. The molecule has 3 aromatic rings. The van der Waals surface area contributed by atoms with Crippen molar-refractivity contribution in [1.82, 2.24) is 9.97 Å². The van der Waals surface area contributed by atoms with Crippen LogP contribution in [0, 0.1) is 0 Å². The van der Waals surface area contributed by atoms with Crippen LogP contribution in [0.15, 0.2) is 65.8 Å². The molecule has 0 spiro atoms. The second-order valence-corrected chi connectivity index (χ2v) is 12.1. The maximum atomic E-state index is 12.6. The van der Waals surface area contributed by atoms with Crippen LogP contribution in [-0.4, -0.2) is 46.5 Å². The highest BCUT2D eigenvalue weighted by Crippen LogP contribution is 2.35. The number of rotatable bonds is 10. The van der Waals surface area contributed by atoms with Crippen LogP contribution in [0.4, 0.5) is 5.82 Å². The second kappa shape index (κ2) is 12.1. The Labute approximate surface area is 223 Å². The zero-order valence-electron chi connectivity index (χ0n) is 21.7. The van der Waals surface area contributed by atoms with Gasteiger partial charge in [-0.25, -0.2) is 9.97 Å². The summed E-state index contributed by atoms with van der Waals surface area (Å²) in [7, 11) is 1.69. The fourth-order valence-electron chi connectivity index (χ4n) is 3.42. The molecule has 1 heterocycles. The number of hydrogen-bond acceptors (Lipinski definition) is 7. The van der Waals surface area contributed by atoms with E-state index in [0.29, 0.717) is 24.7 Å². The number of carbonyl (C=O) groups is 1. The Bertz CT molecular complexity index is 1160. The van der Waals surface area contributed by atoms with Crippen molar-refractivity contribution in [1.29, 1.82) is 0 Å². The highest BCUT2D eigenvalue weighted by Gasteiger charge is 2.33. The Hall–Kier alpha value is -2.61. The number of aromatic nitrogens is 2. The number of esters is 1. The number of nitrogens with zero attached hydrogens (tertiary/aromatic N) is 3. The molecule has 0 radical (unpaired) electrons. The van der Waals surface area contributed by atoms with Crippen molar-refractivity contribution in [3.63, 3.8) is 0 Å². The molecule has 0 saturated heterocycles. The van der Waals surface area contributed by atoms with Crippen LogP contribution in [-0.2, 0) is 20.8 Å². The maximum absolute atomic E-state index is 12.6. The minimum absolute atomic E-state index is 0.228. The standard InChI is InChI=1S/C28H34ClN3O3S/c1-27(2,3)35-26(33)28(4,5)36-23-12-10-20(11-13-23)18-32(14-15-34-6)25-17-24(30-19-31-25)21-8-7-9-22(29)16-21/h7-13,16-17,19H,14-15,18H2,1-6H3. The van der Waals surface area contributed by atoms with E-state index in [-0.39, 0.29) is 5.97 Å². The number of thioether (sulfide) groups is 1. The molecule has 0 saturated carbocycles. The molecule has 0 atom stereocenters. The summed E-state index contributed by atoms with van der Waals surface area (Å²) in [4.78, 5) is 24.7. The van der Waals surface area contributed by atoms with E-state index in [1.54, 1.807) is 13.4 Å². The quantitative estimate of drug-likeness (QED) is 0.215. The number of methoxy groups -OCH3 is 1. The molecule has 0 aliphatic rings. The zero-order valence-corrected chi connectivity index (χ0v) is 23.3. The first-order valence-electron chi connectivity index (χ1n) is 11.8. The van der Waals surface area contributed by atoms with E-state index in [4.69, 9.17) is 21.1 Å². The van der Waals surface area contributed by atoms with Gasteiger partial charge < -0.3 is 14.4 Å². The van der Waals surface area contributed by atoms with Gasteiger partial charge in [0.05, 0.1) is 12.3 Å². The summed E-state index contributed by atoms with van der Waals surface area (Å²) < 4.78 is 10.2. The molecule has 0 amide bonds. The van der Waals surface area contributed by atoms with E-state index in [2.05, 4.69) is 27.0 Å². The summed E-state index contributed by atoms with van der Waals surface area (Å²) in [5.74, 6) is 0.579. The fourth-order valence-corrected chi connectivity index (χ4v) is 4.60. The lowest BCUT2D eigenvalue weighted by Crippen LogP contribution is -2.36. The van der Waals surface area contributed by atoms with E-state index in [0.717, 1.165) is 27.5 Å². The average Bonchev–Trinajstić information content (AvgIpc) is 2.81. The monoisotopic (exact) mass is 527 g/mol. The Morgan fingerprint density at radius 2 is 1.75 bits per heavy atom. The van der Waals surface area contributed by atoms with Crippen molar-refractivity contribution in [3.8, 4) is 11.3 Å². The van der Waals surface area contributed by atoms with Crippen molar-refractivity contribution in [2.24, 2.45) is 0 Å². The molecule has 8 heteroatoms. The molecule has 3 rings (SSSR count). The number of hydrogen-bond donors (Lipinski definition) is 0. The molecule has 6 nitrogen and oxygen atoms in total. The summed E-state index contributed by atoms with van der Waals surface area (Å²) in [5, 5.41) is 0.664. The first-order chi connectivity index (χ1) is 17.0. The summed E-state index contributed by atoms with van der Waals surface area (Å²) in [5.41, 5.74) is 2.35. The topological polar surface area (TPSA) is 64.5 Å². The van der Waals surface area contributed by atoms with Crippen LogP contribution in [0.5, 0.6) is 0 Å². The van der Waals surface area contributed by atoms with Gasteiger partial charge in [-0.15, -0.1) is 11.8 Å². The van der Waals surface area contributed by atoms with Gasteiger partial charge in [0.25, 0.3) is 0 Å². The number of anilines is 1. The largest absolute Gasteiger partial charge is 0.459 e. The van der Waals surface area contributed by atoms with Crippen LogP contribution in [0.3, 0.4) is 0 Å². The van der Waals surface area contributed by atoms with Gasteiger partial charge in [-0.1, -0.05) is 35.9 Å². The van der Waals surface area contributed by atoms with Crippen molar-refractivity contribution >= 4 is 35.1 Å². The van der Waals surface area contributed by atoms with E-state index in [9.17, 15) is 4.79 Å². The molecule has 0 aliphatic carbocycles. The molecule has 0 fully saturated rings. The van der Waals surface area contributed by atoms with E-state index < -0.39 is 10.3 Å². The van der Waals surface area contributed by atoms with Gasteiger partial charge in [-0.2, -0.15) is 0 Å². The van der Waals surface area contributed by atoms with Crippen LogP contribution >= 0.6 is 23.4 Å². The molecule has 0 N–H and O–H groups in total. The van der Waals surface area contributed by atoms with Gasteiger partial charge in [-0.3, -0.25) is 4.79 Å². The lowest BCUT2D eigenvalue weighted by atomic mass is 10.1. The van der Waals surface area contributed by atoms with Crippen LogP contribution in [0.25, 0.3) is 11.3 Å². The molecule has 36 heavy (non-hydrogen) atoms. The summed E-state index contributed by atoms with van der Waals surface area (Å²) in [6.45, 7) is 11.3. The predicted octanol–water partition coefficient (Wildman–Crippen LogP) is 6.66. The third kappa shape index (κ3) is 8.22. The molecular formula is C28H34ClN3O3S. The Kier molecular flexibility index (Phi) is 9.39. The van der Waals surface area contributed by atoms with E-state index in [1.165, 1.54) is 11.8 Å². The predicted molar refractivity (Wildman–Crippen MR) is 148 cm³/mol. The number of carbonyl (C=O) groups excluding carboxylic acids is 1. The Balaban J connectivity index is 1.75. The highest BCUT2D eigenvalue weighted by molar-refractivity contribution is 8.01. The van der Waals surface area contributed by atoms with Gasteiger partial charge >= 0.3 is 5.97 Å². The molecular weight excluding hydrogens is 494 g/mol. The number of ether oxygens (including phenoxy) is 2. The normalized spacial score (nSPS) is 11.9. The molecule has 192 valence electrons. The average molecular weight is 528 g/mol. The Morgan fingerprint density at radius 3 is 2.39 bits per heavy atom. The van der Waals surface area contributed by atoms with Crippen molar-refractivity contribution in [2.75, 3.05) is 25.2 Å². The zero-order chi connectivity index (χ0) is 26.3. The third-order valence-electron chi connectivity index (χ3n) is 5.22. The van der Waals surface area contributed by atoms with E-state index in [1.807, 2.05) is 77.1 Å². The van der Waals surface area contributed by atoms with Gasteiger partial charge in [-0.05, 0) is 64.4 Å². The first kappa shape index (κ1) is 28.0. The molecule has 0 bridgehead atoms. The van der Waals surface area contributed by atoms with E-state index >= 15 is 0 Å². The number of benzene rings is 2. The van der Waals surface area contributed by atoms with Crippen LogP contribution in [0.2, 0.25) is 5.02 Å². The van der Waals surface area contributed by atoms with Crippen LogP contribution in [0.1, 0.15) is 40.2 Å². The lowest BCUT2D eigenvalue weighted by molar-refractivity contribution is -0.156. The van der Waals surface area contributed by atoms with Gasteiger partial charge in [0, 0.05) is 41.7 Å². The minimum Gasteiger partial charge on any atom is -0.459 e. The number of halogens is 1. The lowest BCUT2D eigenvalue weighted by Gasteiger charge is -2.28. The van der Waals surface area contributed by atoms with Crippen molar-refractivity contribution < 1.29 is 14.3 Å². The minimum atomic E-state index is -0.697. The van der Waals surface area contributed by atoms with Crippen LogP contribution < -0.4 is 4.90 Å². The Morgan fingerprint density at radius 1 is 1.03 bits per heavy atom. The van der Waals surface area contributed by atoms with Crippen molar-refractivity contribution in [2.45, 2.75) is 56.4 Å². The third-order valence-corrected chi connectivity index (χ3v) is 6.64. The molecule has 2 aromatic carbocycles. The highest BCUT2D eigenvalue weighted by atomic mass is 35.5. The molecule has 0 unspecified atom stereocenters. The smallest absolute Gasteiger partial charge is 0.322 e. The fraction of sp³-hybridized carbons (Fsp3) is 0.393. The molecule has 0 aliphatic heterocycles. The summed E-state index contributed by atoms with van der Waals surface area (Å²) in [6.07, 6.45) is 1.57. The first-order valence-corrected chi connectivity index (χ1v) is 13.0. The summed E-state index contributed by atoms with van der Waals surface area (Å²) in [6, 6.07) is 17.8. The maximum Gasteiger partial charge on any atom is 0.322 e. The van der Waals surface area contributed by atoms with Gasteiger partial charge in [0.15, 0.2) is 0 Å². The van der Waals surface area contributed by atoms with Gasteiger partial charge in [0.2, 0.25) is 0 Å². The van der Waals surface area contributed by atoms with Gasteiger partial charge in [0.1, 0.15) is 22.5 Å². The summed E-state index contributed by atoms with van der Waals surface area (Å²) >= 11 is 7.67. The van der Waals surface area contributed by atoms with Crippen molar-refractivity contribution in [3.05, 3.63) is 71.5 Å². The second-order valence-electron chi connectivity index (χ2n) is 9.94.